The van der Waals surface area contributed by atoms with Crippen molar-refractivity contribution in [1.29, 1.82) is 0 Å². The molecule has 0 amide bonds. The van der Waals surface area contributed by atoms with Crippen molar-refractivity contribution in [3.63, 3.8) is 0 Å². The molecule has 0 heterocycles. The fourth-order valence-corrected chi connectivity index (χ4v) is 2.72. The third-order valence-electron chi connectivity index (χ3n) is 2.65. The minimum absolute atomic E-state index is 0.00954. The van der Waals surface area contributed by atoms with Crippen LogP contribution in [0.25, 0.3) is 0 Å². The van der Waals surface area contributed by atoms with Crippen molar-refractivity contribution < 1.29 is 17.9 Å². The Morgan fingerprint density at radius 3 is 2.58 bits per heavy atom. The summed E-state index contributed by atoms with van der Waals surface area (Å²) in [5.74, 6) is 0.787. The molecule has 0 fully saturated rings. The summed E-state index contributed by atoms with van der Waals surface area (Å²) in [6.07, 6.45) is 0.512. The van der Waals surface area contributed by atoms with Crippen LogP contribution in [0, 0.1) is 0 Å². The molecular formula is C13H21NO4S. The van der Waals surface area contributed by atoms with Gasteiger partial charge in [-0.2, -0.15) is 0 Å². The van der Waals surface area contributed by atoms with Crippen molar-refractivity contribution in [2.24, 2.45) is 5.73 Å². The van der Waals surface area contributed by atoms with Crippen LogP contribution < -0.4 is 10.5 Å². The SMILES string of the molecule is COCCCS(=O)(=O)CCOc1ccccc1CN. The molecule has 0 aliphatic carbocycles. The zero-order chi connectivity index (χ0) is 14.1. The molecule has 0 aliphatic rings. The van der Waals surface area contributed by atoms with Crippen LogP contribution in [0.1, 0.15) is 12.0 Å². The average molecular weight is 287 g/mol. The second kappa shape index (κ2) is 8.14. The molecule has 0 saturated heterocycles. The summed E-state index contributed by atoms with van der Waals surface area (Å²) >= 11 is 0. The first-order chi connectivity index (χ1) is 9.09. The van der Waals surface area contributed by atoms with Crippen molar-refractivity contribution in [2.45, 2.75) is 13.0 Å². The van der Waals surface area contributed by atoms with Gasteiger partial charge in [0.05, 0.1) is 11.5 Å². The molecule has 0 unspecified atom stereocenters. The van der Waals surface area contributed by atoms with E-state index in [2.05, 4.69) is 0 Å². The van der Waals surface area contributed by atoms with E-state index in [1.165, 1.54) is 0 Å². The summed E-state index contributed by atoms with van der Waals surface area (Å²) in [5.41, 5.74) is 6.45. The lowest BCUT2D eigenvalue weighted by Crippen LogP contribution is -2.18. The molecule has 0 aliphatic heterocycles. The van der Waals surface area contributed by atoms with Crippen LogP contribution in [0.4, 0.5) is 0 Å². The highest BCUT2D eigenvalue weighted by Crippen LogP contribution is 2.16. The minimum Gasteiger partial charge on any atom is -0.492 e. The van der Waals surface area contributed by atoms with Crippen LogP contribution in [0.5, 0.6) is 5.75 Å². The number of para-hydroxylation sites is 1. The van der Waals surface area contributed by atoms with Crippen LogP contribution in [0.3, 0.4) is 0 Å². The van der Waals surface area contributed by atoms with Gasteiger partial charge in [-0.15, -0.1) is 0 Å². The topological polar surface area (TPSA) is 78.6 Å². The van der Waals surface area contributed by atoms with E-state index in [9.17, 15) is 8.42 Å². The second-order valence-corrected chi connectivity index (χ2v) is 6.46. The standard InChI is InChI=1S/C13H21NO4S/c1-17-7-4-9-19(15,16)10-8-18-13-6-3-2-5-12(13)11-14/h2-3,5-6H,4,7-11,14H2,1H3. The van der Waals surface area contributed by atoms with Crippen molar-refractivity contribution in [3.05, 3.63) is 29.8 Å². The smallest absolute Gasteiger partial charge is 0.153 e. The third kappa shape index (κ3) is 6.04. The molecule has 5 nitrogen and oxygen atoms in total. The Balaban J connectivity index is 2.41. The maximum absolute atomic E-state index is 11.7. The number of benzene rings is 1. The number of nitrogens with two attached hydrogens (primary N) is 1. The minimum atomic E-state index is -3.08. The highest BCUT2D eigenvalue weighted by atomic mass is 32.2. The van der Waals surface area contributed by atoms with Gasteiger partial charge in [-0.1, -0.05) is 18.2 Å². The highest BCUT2D eigenvalue weighted by Gasteiger charge is 2.11. The van der Waals surface area contributed by atoms with Gasteiger partial charge in [0.2, 0.25) is 0 Å². The lowest BCUT2D eigenvalue weighted by atomic mass is 10.2. The third-order valence-corrected chi connectivity index (χ3v) is 4.35. The Kier molecular flexibility index (Phi) is 6.83. The average Bonchev–Trinajstić information content (AvgIpc) is 2.39. The van der Waals surface area contributed by atoms with E-state index in [0.29, 0.717) is 25.3 Å². The van der Waals surface area contributed by atoms with Crippen LogP contribution in [0.2, 0.25) is 0 Å². The van der Waals surface area contributed by atoms with Crippen LogP contribution in [0.15, 0.2) is 24.3 Å². The van der Waals surface area contributed by atoms with Gasteiger partial charge in [-0.3, -0.25) is 0 Å². The first-order valence-electron chi connectivity index (χ1n) is 6.19. The molecule has 0 bridgehead atoms. The van der Waals surface area contributed by atoms with E-state index in [4.69, 9.17) is 15.2 Å². The molecule has 1 aromatic carbocycles. The zero-order valence-corrected chi connectivity index (χ0v) is 12.0. The van der Waals surface area contributed by atoms with Crippen LogP contribution in [-0.2, 0) is 21.1 Å². The molecular weight excluding hydrogens is 266 g/mol. The van der Waals surface area contributed by atoms with E-state index in [-0.39, 0.29) is 18.1 Å². The van der Waals surface area contributed by atoms with Gasteiger partial charge in [0.15, 0.2) is 9.84 Å². The Labute approximate surface area is 114 Å². The van der Waals surface area contributed by atoms with Crippen molar-refractivity contribution in [3.8, 4) is 5.75 Å². The van der Waals surface area contributed by atoms with Gasteiger partial charge in [0.25, 0.3) is 0 Å². The molecule has 0 radical (unpaired) electrons. The summed E-state index contributed by atoms with van der Waals surface area (Å²) in [7, 11) is -1.52. The zero-order valence-electron chi connectivity index (χ0n) is 11.2. The van der Waals surface area contributed by atoms with E-state index < -0.39 is 9.84 Å². The van der Waals surface area contributed by atoms with Gasteiger partial charge in [0, 0.05) is 25.8 Å². The maximum atomic E-state index is 11.7. The van der Waals surface area contributed by atoms with Crippen molar-refractivity contribution >= 4 is 9.84 Å². The Morgan fingerprint density at radius 2 is 1.89 bits per heavy atom. The molecule has 0 aromatic heterocycles. The van der Waals surface area contributed by atoms with Gasteiger partial charge in [-0.05, 0) is 12.5 Å². The number of hydrogen-bond acceptors (Lipinski definition) is 5. The lowest BCUT2D eigenvalue weighted by molar-refractivity contribution is 0.199. The number of hydrogen-bond donors (Lipinski definition) is 1. The van der Waals surface area contributed by atoms with E-state index in [1.807, 2.05) is 18.2 Å². The molecule has 1 rings (SSSR count). The molecule has 108 valence electrons. The van der Waals surface area contributed by atoms with E-state index in [1.54, 1.807) is 13.2 Å². The molecule has 1 aromatic rings. The summed E-state index contributed by atoms with van der Waals surface area (Å²) < 4.78 is 33.7. The van der Waals surface area contributed by atoms with Gasteiger partial charge in [0.1, 0.15) is 12.4 Å². The van der Waals surface area contributed by atoms with Crippen molar-refractivity contribution in [2.75, 3.05) is 31.8 Å². The summed E-state index contributed by atoms with van der Waals surface area (Å²) in [4.78, 5) is 0. The number of rotatable bonds is 9. The monoisotopic (exact) mass is 287 g/mol. The normalized spacial score (nSPS) is 11.5. The maximum Gasteiger partial charge on any atom is 0.153 e. The second-order valence-electron chi connectivity index (χ2n) is 4.16. The predicted octanol–water partition coefficient (Wildman–Crippen LogP) is 0.975. The Bertz CT molecular complexity index is 473. The molecule has 0 spiro atoms. The lowest BCUT2D eigenvalue weighted by Gasteiger charge is -2.10. The molecule has 19 heavy (non-hydrogen) atoms. The Morgan fingerprint density at radius 1 is 1.16 bits per heavy atom. The first kappa shape index (κ1) is 15.9. The number of sulfone groups is 1. The van der Waals surface area contributed by atoms with Gasteiger partial charge < -0.3 is 15.2 Å². The molecule has 6 heteroatoms. The van der Waals surface area contributed by atoms with Crippen LogP contribution >= 0.6 is 0 Å². The van der Waals surface area contributed by atoms with E-state index >= 15 is 0 Å². The first-order valence-corrected chi connectivity index (χ1v) is 8.01. The summed E-state index contributed by atoms with van der Waals surface area (Å²) in [6.45, 7) is 0.971. The molecule has 0 saturated carbocycles. The highest BCUT2D eigenvalue weighted by molar-refractivity contribution is 7.91. The largest absolute Gasteiger partial charge is 0.492 e. The quantitative estimate of drug-likeness (QED) is 0.685. The van der Waals surface area contributed by atoms with Crippen LogP contribution in [-0.4, -0.2) is 40.2 Å². The predicted molar refractivity (Wildman–Crippen MR) is 75.0 cm³/mol. The van der Waals surface area contributed by atoms with Gasteiger partial charge in [-0.25, -0.2) is 8.42 Å². The fraction of sp³-hybridized carbons (Fsp3) is 0.538. The number of methoxy groups -OCH3 is 1. The van der Waals surface area contributed by atoms with Crippen molar-refractivity contribution in [1.82, 2.24) is 0 Å². The Hall–Kier alpha value is -1.11. The van der Waals surface area contributed by atoms with E-state index in [0.717, 1.165) is 5.56 Å². The fourth-order valence-electron chi connectivity index (χ4n) is 1.62. The number of ether oxygens (including phenoxy) is 2. The summed E-state index contributed by atoms with van der Waals surface area (Å²) in [5, 5.41) is 0. The molecule has 2 N–H and O–H groups in total. The van der Waals surface area contributed by atoms with Gasteiger partial charge >= 0.3 is 0 Å². The summed E-state index contributed by atoms with van der Waals surface area (Å²) in [6, 6.07) is 7.36. The molecule has 0 atom stereocenters.